The largest absolute Gasteiger partial charge is 0.494 e. The molecule has 14 heavy (non-hydrogen) atoms. The Balaban J connectivity index is 3.02. The van der Waals surface area contributed by atoms with E-state index in [2.05, 4.69) is 6.92 Å². The third kappa shape index (κ3) is 2.44. The van der Waals surface area contributed by atoms with Gasteiger partial charge < -0.3 is 4.74 Å². The molecule has 1 atom stereocenters. The third-order valence-corrected chi connectivity index (χ3v) is 1.90. The minimum atomic E-state index is -0.622. The second kappa shape index (κ2) is 4.94. The Hall–Kier alpha value is -1.12. The van der Waals surface area contributed by atoms with Crippen molar-refractivity contribution in [3.63, 3.8) is 0 Å². The summed E-state index contributed by atoms with van der Waals surface area (Å²) in [5.41, 5.74) is 0.481. The van der Waals surface area contributed by atoms with Crippen molar-refractivity contribution in [3.8, 4) is 5.75 Å². The Morgan fingerprint density at radius 3 is 2.79 bits per heavy atom. The van der Waals surface area contributed by atoms with Gasteiger partial charge in [-0.3, -0.25) is 4.39 Å². The predicted molar refractivity (Wildman–Crippen MR) is 51.6 cm³/mol. The first-order chi connectivity index (χ1) is 6.69. The second-order valence-electron chi connectivity index (χ2n) is 2.97. The van der Waals surface area contributed by atoms with Gasteiger partial charge in [-0.15, -0.1) is 0 Å². The number of ether oxygens (including phenoxy) is 1. The van der Waals surface area contributed by atoms with Crippen LogP contribution in [0.5, 0.6) is 5.75 Å². The molecular formula is C11H13F2O. The number of halogens is 2. The highest BCUT2D eigenvalue weighted by Gasteiger charge is 2.12. The van der Waals surface area contributed by atoms with Crippen LogP contribution >= 0.6 is 0 Å². The number of benzene rings is 1. The van der Waals surface area contributed by atoms with Gasteiger partial charge in [-0.1, -0.05) is 0 Å². The van der Waals surface area contributed by atoms with E-state index in [1.807, 2.05) is 6.92 Å². The normalized spacial score (nSPS) is 12.6. The predicted octanol–water partition coefficient (Wildman–Crippen LogP) is 3.11. The van der Waals surface area contributed by atoms with Crippen molar-refractivity contribution in [2.45, 2.75) is 12.8 Å². The molecule has 0 aromatic heterocycles. The second-order valence-corrected chi connectivity index (χ2v) is 2.97. The molecule has 0 fully saturated rings. The van der Waals surface area contributed by atoms with Gasteiger partial charge in [0.05, 0.1) is 13.3 Å². The zero-order chi connectivity index (χ0) is 10.6. The van der Waals surface area contributed by atoms with Crippen LogP contribution in [0.4, 0.5) is 8.78 Å². The van der Waals surface area contributed by atoms with Crippen molar-refractivity contribution in [3.05, 3.63) is 36.5 Å². The van der Waals surface area contributed by atoms with E-state index in [0.717, 1.165) is 0 Å². The van der Waals surface area contributed by atoms with Crippen LogP contribution in [-0.2, 0) is 0 Å². The van der Waals surface area contributed by atoms with Crippen LogP contribution in [0.1, 0.15) is 18.4 Å². The maximum absolute atomic E-state index is 12.9. The summed E-state index contributed by atoms with van der Waals surface area (Å²) in [6.45, 7) is 5.26. The van der Waals surface area contributed by atoms with Gasteiger partial charge >= 0.3 is 0 Å². The number of hydrogen-bond acceptors (Lipinski definition) is 1. The summed E-state index contributed by atoms with van der Waals surface area (Å²) < 4.78 is 30.5. The molecule has 0 N–H and O–H groups in total. The minimum Gasteiger partial charge on any atom is -0.494 e. The maximum Gasteiger partial charge on any atom is 0.123 e. The molecule has 1 unspecified atom stereocenters. The fourth-order valence-corrected chi connectivity index (χ4v) is 1.21. The quantitative estimate of drug-likeness (QED) is 0.724. The van der Waals surface area contributed by atoms with Crippen LogP contribution in [0.25, 0.3) is 0 Å². The molecule has 1 aromatic carbocycles. The van der Waals surface area contributed by atoms with Gasteiger partial charge in [0.15, 0.2) is 0 Å². The van der Waals surface area contributed by atoms with Gasteiger partial charge in [-0.25, -0.2) is 4.39 Å². The van der Waals surface area contributed by atoms with E-state index in [9.17, 15) is 8.78 Å². The Bertz CT molecular complexity index is 299. The molecule has 0 aliphatic heterocycles. The van der Waals surface area contributed by atoms with Gasteiger partial charge in [-0.05, 0) is 32.0 Å². The van der Waals surface area contributed by atoms with E-state index in [1.165, 1.54) is 18.2 Å². The Kier molecular flexibility index (Phi) is 3.86. The van der Waals surface area contributed by atoms with Crippen LogP contribution < -0.4 is 4.74 Å². The van der Waals surface area contributed by atoms with Crippen LogP contribution in [0, 0.1) is 12.7 Å². The molecule has 0 aliphatic rings. The molecule has 3 heteroatoms. The molecule has 0 heterocycles. The molecular weight excluding hydrogens is 186 g/mol. The van der Waals surface area contributed by atoms with E-state index >= 15 is 0 Å². The lowest BCUT2D eigenvalue weighted by atomic mass is 10.0. The zero-order valence-corrected chi connectivity index (χ0v) is 8.09. The fourth-order valence-electron chi connectivity index (χ4n) is 1.21. The van der Waals surface area contributed by atoms with Crippen LogP contribution in [0.2, 0.25) is 0 Å². The molecule has 0 bridgehead atoms. The van der Waals surface area contributed by atoms with Gasteiger partial charge in [0, 0.05) is 11.5 Å². The van der Waals surface area contributed by atoms with E-state index in [1.54, 1.807) is 0 Å². The SMILES string of the molecule is [CH2]C(CF)c1cc(F)ccc1OCC. The van der Waals surface area contributed by atoms with Crippen molar-refractivity contribution in [2.24, 2.45) is 0 Å². The summed E-state index contributed by atoms with van der Waals surface area (Å²) in [7, 11) is 0. The van der Waals surface area contributed by atoms with Crippen LogP contribution in [0.15, 0.2) is 18.2 Å². The Morgan fingerprint density at radius 1 is 1.50 bits per heavy atom. The van der Waals surface area contributed by atoms with E-state index in [4.69, 9.17) is 4.74 Å². The van der Waals surface area contributed by atoms with Crippen molar-refractivity contribution in [1.29, 1.82) is 0 Å². The Morgan fingerprint density at radius 2 is 2.21 bits per heavy atom. The minimum absolute atomic E-state index is 0.398. The first-order valence-corrected chi connectivity index (χ1v) is 4.50. The summed E-state index contributed by atoms with van der Waals surface area (Å²) in [4.78, 5) is 0. The van der Waals surface area contributed by atoms with Crippen LogP contribution in [0.3, 0.4) is 0 Å². The molecule has 1 radical (unpaired) electrons. The zero-order valence-electron chi connectivity index (χ0n) is 8.09. The molecule has 0 spiro atoms. The molecule has 1 nitrogen and oxygen atoms in total. The van der Waals surface area contributed by atoms with Crippen molar-refractivity contribution >= 4 is 0 Å². The van der Waals surface area contributed by atoms with Gasteiger partial charge in [-0.2, -0.15) is 0 Å². The van der Waals surface area contributed by atoms with Gasteiger partial charge in [0.25, 0.3) is 0 Å². The summed E-state index contributed by atoms with van der Waals surface area (Å²) in [6, 6.07) is 4.06. The highest BCUT2D eigenvalue weighted by atomic mass is 19.1. The molecule has 0 saturated heterocycles. The average molecular weight is 199 g/mol. The van der Waals surface area contributed by atoms with E-state index < -0.39 is 18.4 Å². The maximum atomic E-state index is 12.9. The van der Waals surface area contributed by atoms with E-state index in [-0.39, 0.29) is 0 Å². The number of alkyl halides is 1. The first kappa shape index (κ1) is 11.0. The topological polar surface area (TPSA) is 9.23 Å². The van der Waals surface area contributed by atoms with Gasteiger partial charge in [0.1, 0.15) is 11.6 Å². The molecule has 0 saturated carbocycles. The van der Waals surface area contributed by atoms with Crippen molar-refractivity contribution < 1.29 is 13.5 Å². The summed E-state index contributed by atoms with van der Waals surface area (Å²) in [5.74, 6) is -0.468. The summed E-state index contributed by atoms with van der Waals surface area (Å²) in [6.07, 6.45) is 0. The highest BCUT2D eigenvalue weighted by molar-refractivity contribution is 5.37. The Labute approximate surface area is 82.7 Å². The molecule has 77 valence electrons. The lowest BCUT2D eigenvalue weighted by Gasteiger charge is -2.13. The lowest BCUT2D eigenvalue weighted by molar-refractivity contribution is 0.331. The van der Waals surface area contributed by atoms with Crippen LogP contribution in [-0.4, -0.2) is 13.3 Å². The monoisotopic (exact) mass is 199 g/mol. The highest BCUT2D eigenvalue weighted by Crippen LogP contribution is 2.27. The summed E-state index contributed by atoms with van der Waals surface area (Å²) >= 11 is 0. The first-order valence-electron chi connectivity index (χ1n) is 4.50. The third-order valence-electron chi connectivity index (χ3n) is 1.90. The molecule has 0 amide bonds. The molecule has 0 aliphatic carbocycles. The van der Waals surface area contributed by atoms with Crippen molar-refractivity contribution in [1.82, 2.24) is 0 Å². The smallest absolute Gasteiger partial charge is 0.123 e. The number of rotatable bonds is 4. The van der Waals surface area contributed by atoms with E-state index in [0.29, 0.717) is 17.9 Å². The van der Waals surface area contributed by atoms with Gasteiger partial charge in [0.2, 0.25) is 0 Å². The number of hydrogen-bond donors (Lipinski definition) is 0. The molecule has 1 aromatic rings. The van der Waals surface area contributed by atoms with Crippen molar-refractivity contribution in [2.75, 3.05) is 13.3 Å². The standard InChI is InChI=1S/C11H13F2O/c1-3-14-11-5-4-9(13)6-10(11)8(2)7-12/h4-6,8H,2-3,7H2,1H3. The fraction of sp³-hybridized carbons (Fsp3) is 0.364. The average Bonchev–Trinajstić information content (AvgIpc) is 2.20. The summed E-state index contributed by atoms with van der Waals surface area (Å²) in [5, 5.41) is 0. The molecule has 1 rings (SSSR count). The lowest BCUT2D eigenvalue weighted by Crippen LogP contribution is -2.02.